The van der Waals surface area contributed by atoms with Gasteiger partial charge in [0.1, 0.15) is 17.1 Å². The van der Waals surface area contributed by atoms with Crippen LogP contribution in [0, 0.1) is 22.7 Å². The van der Waals surface area contributed by atoms with Crippen LogP contribution in [0.2, 0.25) is 0 Å². The summed E-state index contributed by atoms with van der Waals surface area (Å²) in [5, 5.41) is 22.4. The minimum atomic E-state index is -0.229. The molecule has 4 rings (SSSR count). The molecule has 3 aromatic carbocycles. The molecule has 142 valence electrons. The van der Waals surface area contributed by atoms with E-state index in [0.29, 0.717) is 5.69 Å². The summed E-state index contributed by atoms with van der Waals surface area (Å²) >= 11 is 1.62. The molecule has 0 aliphatic carbocycles. The van der Waals surface area contributed by atoms with Crippen LogP contribution in [-0.4, -0.2) is 10.7 Å². The lowest BCUT2D eigenvalue weighted by Gasteiger charge is -2.02. The molecule has 0 radical (unpaired) electrons. The Balaban J connectivity index is 1.77. The van der Waals surface area contributed by atoms with E-state index in [4.69, 9.17) is 15.5 Å². The van der Waals surface area contributed by atoms with E-state index in [1.807, 2.05) is 60.7 Å². The number of rotatable bonds is 5. The Kier molecular flexibility index (Phi) is 5.61. The Morgan fingerprint density at radius 3 is 2.10 bits per heavy atom. The van der Waals surface area contributed by atoms with Gasteiger partial charge in [-0.2, -0.15) is 15.6 Å². The lowest BCUT2D eigenvalue weighted by Crippen LogP contribution is -1.96. The number of thiazole rings is 1. The third kappa shape index (κ3) is 4.10. The van der Waals surface area contributed by atoms with Gasteiger partial charge in [0.25, 0.3) is 0 Å². The van der Waals surface area contributed by atoms with Crippen molar-refractivity contribution in [3.8, 4) is 44.4 Å². The fraction of sp³-hybridized carbons (Fsp3) is 0. The smallest absolute Gasteiger partial charge is 0.237 e. The van der Waals surface area contributed by atoms with Crippen molar-refractivity contribution in [2.24, 2.45) is 5.10 Å². The molecule has 0 aliphatic rings. The van der Waals surface area contributed by atoms with Gasteiger partial charge in [0.2, 0.25) is 5.71 Å². The molecule has 0 fully saturated rings. The van der Waals surface area contributed by atoms with Gasteiger partial charge in [-0.05, 0) is 17.7 Å². The molecule has 0 unspecified atom stereocenters. The van der Waals surface area contributed by atoms with E-state index in [2.05, 4.69) is 34.8 Å². The molecule has 0 saturated carbocycles. The van der Waals surface area contributed by atoms with Crippen LogP contribution in [0.15, 0.2) is 90.0 Å². The molecule has 0 amide bonds. The summed E-state index contributed by atoms with van der Waals surface area (Å²) in [4.78, 5) is 6.05. The van der Waals surface area contributed by atoms with E-state index in [1.165, 1.54) is 0 Å². The van der Waals surface area contributed by atoms with Crippen LogP contribution in [0.5, 0.6) is 0 Å². The molecule has 5 nitrogen and oxygen atoms in total. The second-order valence-electron chi connectivity index (χ2n) is 6.31. The minimum Gasteiger partial charge on any atom is -0.276 e. The minimum absolute atomic E-state index is 0.229. The normalized spacial score (nSPS) is 9.93. The van der Waals surface area contributed by atoms with E-state index in [0.717, 1.165) is 32.3 Å². The lowest BCUT2D eigenvalue weighted by molar-refractivity contribution is 1.33. The average Bonchev–Trinajstić information content (AvgIpc) is 3.27. The summed E-state index contributed by atoms with van der Waals surface area (Å²) in [6, 6.07) is 31.4. The van der Waals surface area contributed by atoms with Gasteiger partial charge >= 0.3 is 0 Å². The predicted molar refractivity (Wildman–Crippen MR) is 121 cm³/mol. The van der Waals surface area contributed by atoms with Crippen LogP contribution in [0.25, 0.3) is 32.3 Å². The summed E-state index contributed by atoms with van der Waals surface area (Å²) in [6.45, 7) is 0. The number of benzene rings is 3. The van der Waals surface area contributed by atoms with E-state index >= 15 is 0 Å². The molecule has 0 atom stereocenters. The van der Waals surface area contributed by atoms with Gasteiger partial charge in [-0.25, -0.2) is 4.98 Å². The highest BCUT2D eigenvalue weighted by atomic mass is 32.1. The standard InChI is InChI=1S/C24H15N5S/c25-15-21(16-26)29-28-20-13-7-12-19(14-20)24-27-22(17-8-3-1-4-9-17)23(30-24)18-10-5-2-6-11-18/h1-14,28H. The largest absolute Gasteiger partial charge is 0.276 e. The molecule has 1 N–H and O–H groups in total. The van der Waals surface area contributed by atoms with Crippen molar-refractivity contribution in [2.75, 3.05) is 5.43 Å². The fourth-order valence-electron chi connectivity index (χ4n) is 2.94. The molecule has 0 saturated heterocycles. The van der Waals surface area contributed by atoms with Gasteiger partial charge in [-0.3, -0.25) is 5.43 Å². The molecule has 30 heavy (non-hydrogen) atoms. The maximum Gasteiger partial charge on any atom is 0.237 e. The van der Waals surface area contributed by atoms with Crippen LogP contribution in [0.1, 0.15) is 0 Å². The molecule has 4 aromatic rings. The number of hydrogen-bond acceptors (Lipinski definition) is 6. The van der Waals surface area contributed by atoms with Crippen molar-refractivity contribution < 1.29 is 0 Å². The average molecular weight is 405 g/mol. The fourth-order valence-corrected chi connectivity index (χ4v) is 4.03. The first-order chi connectivity index (χ1) is 14.8. The number of hydrazone groups is 1. The summed E-state index contributed by atoms with van der Waals surface area (Å²) in [6.07, 6.45) is 0. The number of nitrogens with zero attached hydrogens (tertiary/aromatic N) is 4. The van der Waals surface area contributed by atoms with E-state index < -0.39 is 0 Å². The molecule has 6 heteroatoms. The monoisotopic (exact) mass is 405 g/mol. The van der Waals surface area contributed by atoms with Crippen LogP contribution >= 0.6 is 11.3 Å². The summed E-state index contributed by atoms with van der Waals surface area (Å²) in [7, 11) is 0. The molecular formula is C24H15N5S. The maximum atomic E-state index is 8.83. The van der Waals surface area contributed by atoms with Gasteiger partial charge in [0.15, 0.2) is 0 Å². The van der Waals surface area contributed by atoms with Crippen LogP contribution in [0.3, 0.4) is 0 Å². The second-order valence-corrected chi connectivity index (χ2v) is 7.30. The number of nitriles is 2. The molecular weight excluding hydrogens is 390 g/mol. The first kappa shape index (κ1) is 19.1. The first-order valence-corrected chi connectivity index (χ1v) is 9.96. The van der Waals surface area contributed by atoms with Gasteiger partial charge in [0, 0.05) is 11.1 Å². The van der Waals surface area contributed by atoms with Crippen LogP contribution in [0.4, 0.5) is 5.69 Å². The lowest BCUT2D eigenvalue weighted by atomic mass is 10.1. The number of anilines is 1. The number of aromatic nitrogens is 1. The topological polar surface area (TPSA) is 84.9 Å². The quantitative estimate of drug-likeness (QED) is 0.328. The molecule has 1 heterocycles. The third-order valence-electron chi connectivity index (χ3n) is 4.33. The van der Waals surface area contributed by atoms with Crippen molar-refractivity contribution >= 4 is 22.7 Å². The highest BCUT2D eigenvalue weighted by Crippen LogP contribution is 2.40. The summed E-state index contributed by atoms with van der Waals surface area (Å²) < 4.78 is 0. The first-order valence-electron chi connectivity index (χ1n) is 9.14. The van der Waals surface area contributed by atoms with Crippen LogP contribution < -0.4 is 5.43 Å². The summed E-state index contributed by atoms with van der Waals surface area (Å²) in [5.74, 6) is 0. The van der Waals surface area contributed by atoms with Gasteiger partial charge in [0.05, 0.1) is 16.3 Å². The second kappa shape index (κ2) is 8.83. The molecule has 1 aromatic heterocycles. The van der Waals surface area contributed by atoms with E-state index in [-0.39, 0.29) is 5.71 Å². The predicted octanol–water partition coefficient (Wildman–Crippen LogP) is 5.96. The van der Waals surface area contributed by atoms with Crippen molar-refractivity contribution in [3.05, 3.63) is 84.9 Å². The van der Waals surface area contributed by atoms with E-state index in [9.17, 15) is 0 Å². The van der Waals surface area contributed by atoms with Gasteiger partial charge in [-0.1, -0.05) is 72.8 Å². The zero-order valence-corrected chi connectivity index (χ0v) is 16.6. The summed E-state index contributed by atoms with van der Waals surface area (Å²) in [5.41, 5.74) is 7.25. The van der Waals surface area contributed by atoms with E-state index in [1.54, 1.807) is 23.5 Å². The Hall–Kier alpha value is -4.26. The zero-order valence-electron chi connectivity index (χ0n) is 15.8. The van der Waals surface area contributed by atoms with Gasteiger partial charge < -0.3 is 0 Å². The Morgan fingerprint density at radius 2 is 1.43 bits per heavy atom. The highest BCUT2D eigenvalue weighted by molar-refractivity contribution is 7.19. The van der Waals surface area contributed by atoms with Crippen molar-refractivity contribution in [1.82, 2.24) is 4.98 Å². The zero-order chi connectivity index (χ0) is 20.8. The SMILES string of the molecule is N#CC(C#N)=NNc1cccc(-c2nc(-c3ccccc3)c(-c3ccccc3)s2)c1. The Bertz CT molecular complexity index is 1210. The third-order valence-corrected chi connectivity index (χ3v) is 5.48. The Labute approximate surface area is 178 Å². The van der Waals surface area contributed by atoms with Crippen molar-refractivity contribution in [3.63, 3.8) is 0 Å². The maximum absolute atomic E-state index is 8.83. The Morgan fingerprint density at radius 1 is 0.800 bits per heavy atom. The molecule has 0 bridgehead atoms. The number of hydrogen-bond donors (Lipinski definition) is 1. The molecule has 0 spiro atoms. The van der Waals surface area contributed by atoms with Crippen molar-refractivity contribution in [2.45, 2.75) is 0 Å². The number of nitrogens with one attached hydrogen (secondary N) is 1. The van der Waals surface area contributed by atoms with Gasteiger partial charge in [-0.15, -0.1) is 11.3 Å². The van der Waals surface area contributed by atoms with Crippen molar-refractivity contribution in [1.29, 1.82) is 10.5 Å². The van der Waals surface area contributed by atoms with Crippen LogP contribution in [-0.2, 0) is 0 Å². The molecule has 0 aliphatic heterocycles. The highest BCUT2D eigenvalue weighted by Gasteiger charge is 2.16.